The average molecular weight is 306 g/mol. The molecule has 0 aromatic heterocycles. The largest absolute Gasteiger partial charge is 0.374 e. The van der Waals surface area contributed by atoms with Crippen molar-refractivity contribution in [1.82, 2.24) is 9.80 Å². The second-order valence-electron chi connectivity index (χ2n) is 6.11. The highest BCUT2D eigenvalue weighted by Crippen LogP contribution is 2.22. The van der Waals surface area contributed by atoms with Crippen LogP contribution in [0.5, 0.6) is 0 Å². The van der Waals surface area contributed by atoms with Crippen LogP contribution in [0.3, 0.4) is 0 Å². The number of fused-ring (bicyclic) bond motifs is 1. The molecule has 2 saturated heterocycles. The predicted molar refractivity (Wildman–Crippen MR) is 89.8 cm³/mol. The topological polar surface area (TPSA) is 15.7 Å². The Hall–Kier alpha value is -0.550. The molecule has 0 N–H and O–H groups in total. The molecule has 0 aliphatic carbocycles. The number of nitrogens with zero attached hydrogens (tertiary/aromatic N) is 2. The number of rotatable bonds is 6. The Morgan fingerprint density at radius 3 is 2.90 bits per heavy atom. The molecule has 1 aromatic carbocycles. The lowest BCUT2D eigenvalue weighted by molar-refractivity contribution is -0.0369. The van der Waals surface area contributed by atoms with Gasteiger partial charge in [0.25, 0.3) is 0 Å². The van der Waals surface area contributed by atoms with E-state index in [1.807, 2.05) is 11.8 Å². The fraction of sp³-hybridized carbons (Fsp3) is 0.647. The van der Waals surface area contributed by atoms with E-state index < -0.39 is 0 Å². The Kier molecular flexibility index (Phi) is 5.58. The zero-order valence-corrected chi connectivity index (χ0v) is 13.7. The summed E-state index contributed by atoms with van der Waals surface area (Å²) in [4.78, 5) is 5.05. The number of hydrogen-bond acceptors (Lipinski definition) is 4. The van der Waals surface area contributed by atoms with Gasteiger partial charge in [-0.1, -0.05) is 30.3 Å². The molecule has 2 fully saturated rings. The van der Waals surface area contributed by atoms with E-state index in [1.165, 1.54) is 30.8 Å². The van der Waals surface area contributed by atoms with Crippen LogP contribution >= 0.6 is 11.8 Å². The molecule has 2 atom stereocenters. The maximum Gasteiger partial charge on any atom is 0.0869 e. The summed E-state index contributed by atoms with van der Waals surface area (Å²) in [5.41, 5.74) is 1.43. The van der Waals surface area contributed by atoms with Crippen molar-refractivity contribution < 1.29 is 4.74 Å². The Morgan fingerprint density at radius 1 is 1.24 bits per heavy atom. The molecule has 2 heterocycles. The van der Waals surface area contributed by atoms with Crippen LogP contribution in [0.4, 0.5) is 0 Å². The minimum absolute atomic E-state index is 0.445. The van der Waals surface area contributed by atoms with Gasteiger partial charge < -0.3 is 4.74 Å². The molecule has 3 rings (SSSR count). The SMILES string of the molecule is CN1CCO[C@H]2CN(CCCSCc3ccccc3)C[C@@H]21. The second-order valence-corrected chi connectivity index (χ2v) is 7.21. The van der Waals surface area contributed by atoms with E-state index in [0.29, 0.717) is 12.1 Å². The fourth-order valence-electron chi connectivity index (χ4n) is 3.27. The van der Waals surface area contributed by atoms with E-state index in [4.69, 9.17) is 4.74 Å². The Labute approximate surface area is 132 Å². The first-order valence-electron chi connectivity index (χ1n) is 7.99. The zero-order valence-electron chi connectivity index (χ0n) is 12.9. The molecule has 3 nitrogen and oxygen atoms in total. The molecule has 0 radical (unpaired) electrons. The van der Waals surface area contributed by atoms with Gasteiger partial charge in [0.05, 0.1) is 12.7 Å². The monoisotopic (exact) mass is 306 g/mol. The van der Waals surface area contributed by atoms with Gasteiger partial charge in [0.15, 0.2) is 0 Å². The van der Waals surface area contributed by atoms with Gasteiger partial charge in [0.1, 0.15) is 0 Å². The Morgan fingerprint density at radius 2 is 2.10 bits per heavy atom. The minimum atomic E-state index is 0.445. The molecule has 4 heteroatoms. The normalized spacial score (nSPS) is 26.9. The van der Waals surface area contributed by atoms with Crippen LogP contribution in [0.1, 0.15) is 12.0 Å². The second kappa shape index (κ2) is 7.63. The van der Waals surface area contributed by atoms with Gasteiger partial charge >= 0.3 is 0 Å². The van der Waals surface area contributed by atoms with Crippen molar-refractivity contribution >= 4 is 11.8 Å². The molecule has 2 aliphatic rings. The van der Waals surface area contributed by atoms with Crippen molar-refractivity contribution in [3.05, 3.63) is 35.9 Å². The van der Waals surface area contributed by atoms with Gasteiger partial charge in [-0.25, -0.2) is 0 Å². The minimum Gasteiger partial charge on any atom is -0.374 e. The number of ether oxygens (including phenoxy) is 1. The molecular formula is C17H26N2OS. The predicted octanol–water partition coefficient (Wildman–Crippen LogP) is 2.32. The molecule has 116 valence electrons. The van der Waals surface area contributed by atoms with E-state index in [-0.39, 0.29) is 0 Å². The number of likely N-dealkylation sites (tertiary alicyclic amines) is 1. The summed E-state index contributed by atoms with van der Waals surface area (Å²) >= 11 is 2.05. The first-order valence-corrected chi connectivity index (χ1v) is 9.14. The van der Waals surface area contributed by atoms with E-state index in [2.05, 4.69) is 47.2 Å². The van der Waals surface area contributed by atoms with Crippen LogP contribution in [0, 0.1) is 0 Å². The zero-order chi connectivity index (χ0) is 14.5. The molecule has 2 aliphatic heterocycles. The summed E-state index contributed by atoms with van der Waals surface area (Å²) in [6.45, 7) is 5.51. The number of hydrogen-bond donors (Lipinski definition) is 0. The molecule has 21 heavy (non-hydrogen) atoms. The van der Waals surface area contributed by atoms with Gasteiger partial charge in [-0.05, 0) is 31.3 Å². The third-order valence-corrected chi connectivity index (χ3v) is 5.64. The van der Waals surface area contributed by atoms with Crippen LogP contribution in [-0.4, -0.2) is 67.5 Å². The summed E-state index contributed by atoms with van der Waals surface area (Å²) in [5, 5.41) is 0. The van der Waals surface area contributed by atoms with Gasteiger partial charge in [0.2, 0.25) is 0 Å². The third kappa shape index (κ3) is 4.22. The van der Waals surface area contributed by atoms with Gasteiger partial charge in [-0.3, -0.25) is 9.80 Å². The highest BCUT2D eigenvalue weighted by Gasteiger charge is 2.37. The molecule has 0 amide bonds. The molecule has 0 unspecified atom stereocenters. The average Bonchev–Trinajstić information content (AvgIpc) is 2.92. The lowest BCUT2D eigenvalue weighted by atomic mass is 10.1. The van der Waals surface area contributed by atoms with Crippen LogP contribution in [0.2, 0.25) is 0 Å². The smallest absolute Gasteiger partial charge is 0.0869 e. The summed E-state index contributed by atoms with van der Waals surface area (Å²) in [7, 11) is 2.24. The summed E-state index contributed by atoms with van der Waals surface area (Å²) in [6, 6.07) is 11.4. The van der Waals surface area contributed by atoms with Crippen LogP contribution in [0.25, 0.3) is 0 Å². The number of morpholine rings is 1. The maximum absolute atomic E-state index is 5.90. The lowest BCUT2D eigenvalue weighted by Gasteiger charge is -2.33. The lowest BCUT2D eigenvalue weighted by Crippen LogP contribution is -2.48. The van der Waals surface area contributed by atoms with E-state index in [9.17, 15) is 0 Å². The standard InChI is InChI=1S/C17H26N2OS/c1-18-9-10-20-17-13-19(12-16(17)18)8-5-11-21-14-15-6-3-2-4-7-15/h2-4,6-7,16-17H,5,8-14H2,1H3/t16-,17-/m0/s1. The first-order chi connectivity index (χ1) is 10.3. The summed E-state index contributed by atoms with van der Waals surface area (Å²) in [6.07, 6.45) is 1.72. The molecular weight excluding hydrogens is 280 g/mol. The van der Waals surface area contributed by atoms with Gasteiger partial charge in [-0.2, -0.15) is 11.8 Å². The highest BCUT2D eigenvalue weighted by molar-refractivity contribution is 7.98. The summed E-state index contributed by atoms with van der Waals surface area (Å²) in [5.74, 6) is 2.38. The van der Waals surface area contributed by atoms with E-state index >= 15 is 0 Å². The van der Waals surface area contributed by atoms with Gasteiger partial charge in [-0.15, -0.1) is 0 Å². The third-order valence-electron chi connectivity index (χ3n) is 4.53. The van der Waals surface area contributed by atoms with Crippen molar-refractivity contribution in [2.45, 2.75) is 24.3 Å². The van der Waals surface area contributed by atoms with Crippen molar-refractivity contribution in [2.24, 2.45) is 0 Å². The Bertz CT molecular complexity index is 428. The summed E-state index contributed by atoms with van der Waals surface area (Å²) < 4.78 is 5.90. The molecule has 0 spiro atoms. The van der Waals surface area contributed by atoms with Crippen molar-refractivity contribution in [3.8, 4) is 0 Å². The Balaban J connectivity index is 1.31. The van der Waals surface area contributed by atoms with Crippen molar-refractivity contribution in [3.63, 3.8) is 0 Å². The van der Waals surface area contributed by atoms with Crippen LogP contribution < -0.4 is 0 Å². The fourth-order valence-corrected chi connectivity index (χ4v) is 4.18. The van der Waals surface area contributed by atoms with E-state index in [1.54, 1.807) is 0 Å². The van der Waals surface area contributed by atoms with Crippen LogP contribution in [-0.2, 0) is 10.5 Å². The first kappa shape index (κ1) is 15.3. The molecule has 0 saturated carbocycles. The quantitative estimate of drug-likeness (QED) is 0.749. The van der Waals surface area contributed by atoms with Crippen molar-refractivity contribution in [1.29, 1.82) is 0 Å². The van der Waals surface area contributed by atoms with Gasteiger partial charge in [0, 0.05) is 31.4 Å². The number of benzene rings is 1. The van der Waals surface area contributed by atoms with Crippen molar-refractivity contribution in [2.75, 3.05) is 45.6 Å². The maximum atomic E-state index is 5.90. The van der Waals surface area contributed by atoms with E-state index in [0.717, 1.165) is 25.4 Å². The number of likely N-dealkylation sites (N-methyl/N-ethyl adjacent to an activating group) is 1. The van der Waals surface area contributed by atoms with Crippen LogP contribution in [0.15, 0.2) is 30.3 Å². The molecule has 1 aromatic rings. The number of thioether (sulfide) groups is 1. The highest BCUT2D eigenvalue weighted by atomic mass is 32.2. The molecule has 0 bridgehead atoms.